The first-order valence-electron chi connectivity index (χ1n) is 10.8. The van der Waals surface area contributed by atoms with Crippen molar-refractivity contribution in [3.05, 3.63) is 82.5 Å². The van der Waals surface area contributed by atoms with Crippen molar-refractivity contribution in [3.63, 3.8) is 0 Å². The van der Waals surface area contributed by atoms with E-state index in [0.717, 1.165) is 48.9 Å². The summed E-state index contributed by atoms with van der Waals surface area (Å²) in [5.41, 5.74) is 3.33. The van der Waals surface area contributed by atoms with Gasteiger partial charge in [0.15, 0.2) is 0 Å². The molecule has 0 spiro atoms. The minimum absolute atomic E-state index is 0.325. The lowest BCUT2D eigenvalue weighted by Gasteiger charge is -2.31. The van der Waals surface area contributed by atoms with Crippen molar-refractivity contribution in [3.8, 4) is 0 Å². The molecule has 1 saturated heterocycles. The number of rotatable bonds is 8. The molecule has 1 aliphatic heterocycles. The van der Waals surface area contributed by atoms with Crippen LogP contribution in [0.2, 0.25) is 0 Å². The average Bonchev–Trinajstić information content (AvgIpc) is 3.28. The molecule has 3 aromatic rings. The van der Waals surface area contributed by atoms with Crippen LogP contribution in [0.5, 0.6) is 0 Å². The first-order chi connectivity index (χ1) is 15.5. The molecule has 4 rings (SSSR count). The van der Waals surface area contributed by atoms with Gasteiger partial charge < -0.3 is 4.90 Å². The zero-order chi connectivity index (χ0) is 22.4. The standard InChI is InChI=1S/C24H28N4O2S2/c1-19-7-9-21(10-8-19)17-23-26-24(31-27-23)28-14-11-22(12-15-28)18-25-32(29,30)16-13-20-5-3-2-4-6-20/h2-10,13,16,22,25H,11-12,14-15,17-18H2,1H3. The van der Waals surface area contributed by atoms with Gasteiger partial charge in [-0.15, -0.1) is 0 Å². The molecule has 0 aliphatic carbocycles. The number of nitrogens with one attached hydrogen (secondary N) is 1. The van der Waals surface area contributed by atoms with Crippen molar-refractivity contribution in [2.75, 3.05) is 24.5 Å². The van der Waals surface area contributed by atoms with E-state index in [9.17, 15) is 8.42 Å². The largest absolute Gasteiger partial charge is 0.347 e. The van der Waals surface area contributed by atoms with Gasteiger partial charge in [-0.3, -0.25) is 0 Å². The first kappa shape index (κ1) is 22.6. The fourth-order valence-corrected chi connectivity index (χ4v) is 5.31. The zero-order valence-corrected chi connectivity index (χ0v) is 19.8. The maximum absolute atomic E-state index is 12.3. The molecule has 32 heavy (non-hydrogen) atoms. The molecule has 8 heteroatoms. The summed E-state index contributed by atoms with van der Waals surface area (Å²) in [6, 6.07) is 17.9. The summed E-state index contributed by atoms with van der Waals surface area (Å²) in [7, 11) is -3.44. The number of hydrogen-bond donors (Lipinski definition) is 1. The summed E-state index contributed by atoms with van der Waals surface area (Å²) in [6.07, 6.45) is 4.22. The Bertz CT molecular complexity index is 1130. The van der Waals surface area contributed by atoms with Gasteiger partial charge in [0, 0.05) is 43.0 Å². The predicted molar refractivity (Wildman–Crippen MR) is 131 cm³/mol. The van der Waals surface area contributed by atoms with Crippen LogP contribution in [0.3, 0.4) is 0 Å². The topological polar surface area (TPSA) is 75.2 Å². The zero-order valence-electron chi connectivity index (χ0n) is 18.1. The van der Waals surface area contributed by atoms with Crippen molar-refractivity contribution in [1.82, 2.24) is 14.1 Å². The van der Waals surface area contributed by atoms with Crippen LogP contribution in [-0.2, 0) is 16.4 Å². The fraction of sp³-hybridized carbons (Fsp3) is 0.333. The van der Waals surface area contributed by atoms with E-state index in [2.05, 4.69) is 45.2 Å². The number of piperidine rings is 1. The van der Waals surface area contributed by atoms with Gasteiger partial charge >= 0.3 is 0 Å². The van der Waals surface area contributed by atoms with E-state index in [1.807, 2.05) is 30.3 Å². The van der Waals surface area contributed by atoms with Crippen LogP contribution in [0.4, 0.5) is 5.13 Å². The average molecular weight is 469 g/mol. The Morgan fingerprint density at radius 2 is 1.81 bits per heavy atom. The second kappa shape index (κ2) is 10.4. The van der Waals surface area contributed by atoms with Crippen molar-refractivity contribution in [1.29, 1.82) is 0 Å². The van der Waals surface area contributed by atoms with E-state index >= 15 is 0 Å². The number of hydrogen-bond acceptors (Lipinski definition) is 6. The van der Waals surface area contributed by atoms with Crippen molar-refractivity contribution >= 4 is 32.8 Å². The highest BCUT2D eigenvalue weighted by Gasteiger charge is 2.23. The summed E-state index contributed by atoms with van der Waals surface area (Å²) >= 11 is 1.45. The molecule has 6 nitrogen and oxygen atoms in total. The lowest BCUT2D eigenvalue weighted by molar-refractivity contribution is 0.402. The highest BCUT2D eigenvalue weighted by Crippen LogP contribution is 2.25. The molecule has 168 valence electrons. The summed E-state index contributed by atoms with van der Waals surface area (Å²) < 4.78 is 31.8. The molecule has 0 bridgehead atoms. The lowest BCUT2D eigenvalue weighted by Crippen LogP contribution is -2.38. The fourth-order valence-electron chi connectivity index (χ4n) is 3.68. The van der Waals surface area contributed by atoms with E-state index in [0.29, 0.717) is 12.5 Å². The molecule has 1 aromatic heterocycles. The van der Waals surface area contributed by atoms with Gasteiger partial charge in [0.2, 0.25) is 15.2 Å². The third kappa shape index (κ3) is 6.48. The highest BCUT2D eigenvalue weighted by atomic mass is 32.2. The van der Waals surface area contributed by atoms with Gasteiger partial charge in [-0.1, -0.05) is 60.2 Å². The maximum atomic E-state index is 12.3. The molecule has 2 heterocycles. The SMILES string of the molecule is Cc1ccc(Cc2nsc(N3CCC(CNS(=O)(=O)C=Cc4ccccc4)CC3)n2)cc1. The molecule has 1 fully saturated rings. The summed E-state index contributed by atoms with van der Waals surface area (Å²) in [4.78, 5) is 6.99. The van der Waals surface area contributed by atoms with Gasteiger partial charge in [0.25, 0.3) is 0 Å². The van der Waals surface area contributed by atoms with Gasteiger partial charge in [0.05, 0.1) is 0 Å². The van der Waals surface area contributed by atoms with E-state index in [1.165, 1.54) is 28.1 Å². The Kier molecular flexibility index (Phi) is 7.34. The Morgan fingerprint density at radius 1 is 1.09 bits per heavy atom. The third-order valence-electron chi connectivity index (χ3n) is 5.64. The van der Waals surface area contributed by atoms with E-state index in [1.54, 1.807) is 6.08 Å². The molecular weight excluding hydrogens is 440 g/mol. The quantitative estimate of drug-likeness (QED) is 0.535. The second-order valence-corrected chi connectivity index (χ2v) is 10.6. The Hall–Kier alpha value is -2.55. The van der Waals surface area contributed by atoms with Crippen LogP contribution in [0, 0.1) is 12.8 Å². The normalized spacial score (nSPS) is 15.5. The summed E-state index contributed by atoms with van der Waals surface area (Å²) in [5.74, 6) is 1.18. The lowest BCUT2D eigenvalue weighted by atomic mass is 9.97. The molecular formula is C24H28N4O2S2. The number of aryl methyl sites for hydroxylation is 1. The van der Waals surface area contributed by atoms with Gasteiger partial charge in [-0.05, 0) is 42.9 Å². The molecule has 0 radical (unpaired) electrons. The minimum atomic E-state index is -3.44. The van der Waals surface area contributed by atoms with E-state index < -0.39 is 10.0 Å². The van der Waals surface area contributed by atoms with Crippen LogP contribution in [0.15, 0.2) is 60.0 Å². The molecule has 0 saturated carbocycles. The monoisotopic (exact) mass is 468 g/mol. The van der Waals surface area contributed by atoms with E-state index in [4.69, 9.17) is 4.98 Å². The molecule has 1 aliphatic rings. The molecule has 0 atom stereocenters. The molecule has 1 N–H and O–H groups in total. The smallest absolute Gasteiger partial charge is 0.233 e. The number of nitrogens with zero attached hydrogens (tertiary/aromatic N) is 3. The van der Waals surface area contributed by atoms with Crippen LogP contribution < -0.4 is 9.62 Å². The van der Waals surface area contributed by atoms with Crippen LogP contribution in [0.25, 0.3) is 6.08 Å². The Morgan fingerprint density at radius 3 is 2.53 bits per heavy atom. The second-order valence-electron chi connectivity index (χ2n) is 8.19. The Balaban J connectivity index is 1.24. The predicted octanol–water partition coefficient (Wildman–Crippen LogP) is 4.24. The third-order valence-corrected chi connectivity index (χ3v) is 7.52. The van der Waals surface area contributed by atoms with Crippen molar-refractivity contribution in [2.24, 2.45) is 5.92 Å². The molecule has 2 aromatic carbocycles. The number of benzene rings is 2. The van der Waals surface area contributed by atoms with Crippen molar-refractivity contribution < 1.29 is 8.42 Å². The van der Waals surface area contributed by atoms with Crippen LogP contribution >= 0.6 is 11.5 Å². The van der Waals surface area contributed by atoms with E-state index in [-0.39, 0.29) is 0 Å². The number of aromatic nitrogens is 2. The number of sulfonamides is 1. The molecule has 0 amide bonds. The van der Waals surface area contributed by atoms with Crippen molar-refractivity contribution in [2.45, 2.75) is 26.2 Å². The summed E-state index contributed by atoms with van der Waals surface area (Å²) in [6.45, 7) is 4.28. The highest BCUT2D eigenvalue weighted by molar-refractivity contribution is 7.92. The summed E-state index contributed by atoms with van der Waals surface area (Å²) in [5, 5.41) is 2.20. The Labute approximate surface area is 194 Å². The van der Waals surface area contributed by atoms with Gasteiger partial charge in [-0.2, -0.15) is 4.37 Å². The molecule has 0 unspecified atom stereocenters. The maximum Gasteiger partial charge on any atom is 0.233 e. The van der Waals surface area contributed by atoms with Crippen LogP contribution in [0.1, 0.15) is 35.4 Å². The van der Waals surface area contributed by atoms with Crippen LogP contribution in [-0.4, -0.2) is 37.4 Å². The minimum Gasteiger partial charge on any atom is -0.347 e. The first-order valence-corrected chi connectivity index (χ1v) is 13.1. The number of anilines is 1. The van der Waals surface area contributed by atoms with Gasteiger partial charge in [-0.25, -0.2) is 18.1 Å². The van der Waals surface area contributed by atoms with Gasteiger partial charge in [0.1, 0.15) is 5.82 Å².